The Labute approximate surface area is 68.4 Å². The van der Waals surface area contributed by atoms with Gasteiger partial charge in [0.1, 0.15) is 0 Å². The van der Waals surface area contributed by atoms with Crippen LogP contribution in [0.5, 0.6) is 0 Å². The molecule has 0 heterocycles. The number of hydrogen-bond acceptors (Lipinski definition) is 1. The Kier molecular flexibility index (Phi) is 1.64. The molecule has 2 bridgehead atoms. The van der Waals surface area contributed by atoms with Crippen molar-refractivity contribution in [1.82, 2.24) is 0 Å². The Hall–Kier alpha value is -0.510. The molecular formula is C10H15N. The van der Waals surface area contributed by atoms with E-state index >= 15 is 0 Å². The Morgan fingerprint density at radius 1 is 1.36 bits per heavy atom. The first-order valence-corrected chi connectivity index (χ1v) is 4.72. The van der Waals surface area contributed by atoms with Crippen LogP contribution in [-0.2, 0) is 0 Å². The Morgan fingerprint density at radius 3 is 2.55 bits per heavy atom. The summed E-state index contributed by atoms with van der Waals surface area (Å²) in [6.45, 7) is 0. The third-order valence-electron chi connectivity index (χ3n) is 3.65. The first-order chi connectivity index (χ1) is 5.35. The van der Waals surface area contributed by atoms with E-state index in [-0.39, 0.29) is 0 Å². The van der Waals surface area contributed by atoms with Crippen molar-refractivity contribution in [3.05, 3.63) is 0 Å². The standard InChI is InChI=1S/C10H15N/c11-7-1-4-10-5-2-9(8-10)3-6-10/h9H,1-6,8H2. The van der Waals surface area contributed by atoms with Gasteiger partial charge in [-0.25, -0.2) is 0 Å². The Bertz CT molecular complexity index is 182. The van der Waals surface area contributed by atoms with Gasteiger partial charge in [-0.1, -0.05) is 0 Å². The van der Waals surface area contributed by atoms with Crippen LogP contribution in [0.25, 0.3) is 0 Å². The predicted molar refractivity (Wildman–Crippen MR) is 43.9 cm³/mol. The fourth-order valence-corrected chi connectivity index (χ4v) is 2.98. The van der Waals surface area contributed by atoms with Crippen LogP contribution in [0.2, 0.25) is 0 Å². The monoisotopic (exact) mass is 149 g/mol. The molecule has 0 aliphatic heterocycles. The van der Waals surface area contributed by atoms with Gasteiger partial charge in [-0.2, -0.15) is 5.26 Å². The molecule has 0 aromatic carbocycles. The molecule has 0 atom stereocenters. The summed E-state index contributed by atoms with van der Waals surface area (Å²) in [6.07, 6.45) is 9.14. The van der Waals surface area contributed by atoms with Crippen molar-refractivity contribution in [3.8, 4) is 6.07 Å². The van der Waals surface area contributed by atoms with Crippen LogP contribution in [-0.4, -0.2) is 0 Å². The fraction of sp³-hybridized carbons (Fsp3) is 0.900. The lowest BCUT2D eigenvalue weighted by molar-refractivity contribution is 0.274. The average molecular weight is 149 g/mol. The number of nitriles is 1. The highest BCUT2D eigenvalue weighted by Crippen LogP contribution is 2.56. The summed E-state index contributed by atoms with van der Waals surface area (Å²) in [4.78, 5) is 0. The SMILES string of the molecule is N#CCCC12CCC(CC1)C2. The zero-order valence-corrected chi connectivity index (χ0v) is 6.97. The van der Waals surface area contributed by atoms with Crippen LogP contribution in [0.1, 0.15) is 44.9 Å². The maximum absolute atomic E-state index is 8.50. The molecule has 2 aliphatic rings. The number of hydrogen-bond donors (Lipinski definition) is 0. The van der Waals surface area contributed by atoms with Crippen molar-refractivity contribution in [2.75, 3.05) is 0 Å². The van der Waals surface area contributed by atoms with Crippen molar-refractivity contribution in [1.29, 1.82) is 5.26 Å². The largest absolute Gasteiger partial charge is 0.198 e. The second kappa shape index (κ2) is 2.52. The fourth-order valence-electron chi connectivity index (χ4n) is 2.98. The molecule has 1 nitrogen and oxygen atoms in total. The summed E-state index contributed by atoms with van der Waals surface area (Å²) in [6, 6.07) is 2.27. The molecule has 0 saturated heterocycles. The first kappa shape index (κ1) is 7.16. The quantitative estimate of drug-likeness (QED) is 0.592. The predicted octanol–water partition coefficient (Wildman–Crippen LogP) is 2.87. The Balaban J connectivity index is 1.95. The van der Waals surface area contributed by atoms with Gasteiger partial charge in [0.05, 0.1) is 6.07 Å². The topological polar surface area (TPSA) is 23.8 Å². The number of rotatable bonds is 2. The molecule has 60 valence electrons. The molecule has 0 amide bonds. The molecule has 0 radical (unpaired) electrons. The van der Waals surface area contributed by atoms with Crippen molar-refractivity contribution < 1.29 is 0 Å². The van der Waals surface area contributed by atoms with Gasteiger partial charge >= 0.3 is 0 Å². The molecule has 2 fully saturated rings. The lowest BCUT2D eigenvalue weighted by Gasteiger charge is -2.24. The van der Waals surface area contributed by atoms with Crippen molar-refractivity contribution in [2.45, 2.75) is 44.9 Å². The zero-order valence-electron chi connectivity index (χ0n) is 6.97. The van der Waals surface area contributed by atoms with Crippen LogP contribution in [0.15, 0.2) is 0 Å². The second-order valence-corrected chi connectivity index (χ2v) is 4.31. The lowest BCUT2D eigenvalue weighted by atomic mass is 9.80. The van der Waals surface area contributed by atoms with Gasteiger partial charge < -0.3 is 0 Å². The summed E-state index contributed by atoms with van der Waals surface area (Å²) in [5, 5.41) is 8.50. The molecule has 2 rings (SSSR count). The van der Waals surface area contributed by atoms with E-state index in [0.29, 0.717) is 5.41 Å². The molecule has 2 aliphatic carbocycles. The summed E-state index contributed by atoms with van der Waals surface area (Å²) in [7, 11) is 0. The van der Waals surface area contributed by atoms with Gasteiger partial charge in [0.15, 0.2) is 0 Å². The molecule has 0 spiro atoms. The van der Waals surface area contributed by atoms with Gasteiger partial charge in [0.25, 0.3) is 0 Å². The number of fused-ring (bicyclic) bond motifs is 2. The summed E-state index contributed by atoms with van der Waals surface area (Å²) < 4.78 is 0. The van der Waals surface area contributed by atoms with Gasteiger partial charge in [-0.05, 0) is 49.9 Å². The van der Waals surface area contributed by atoms with Gasteiger partial charge in [-0.3, -0.25) is 0 Å². The van der Waals surface area contributed by atoms with Gasteiger partial charge in [0, 0.05) is 6.42 Å². The highest BCUT2D eigenvalue weighted by atomic mass is 14.5. The average Bonchev–Trinajstić information content (AvgIpc) is 2.60. The minimum atomic E-state index is 0.639. The summed E-state index contributed by atoms with van der Waals surface area (Å²) in [5.41, 5.74) is 0.639. The van der Waals surface area contributed by atoms with Crippen molar-refractivity contribution in [3.63, 3.8) is 0 Å². The third kappa shape index (κ3) is 1.15. The van der Waals surface area contributed by atoms with E-state index < -0.39 is 0 Å². The van der Waals surface area contributed by atoms with Crippen LogP contribution < -0.4 is 0 Å². The molecule has 11 heavy (non-hydrogen) atoms. The Morgan fingerprint density at radius 2 is 2.09 bits per heavy atom. The van der Waals surface area contributed by atoms with Gasteiger partial charge in [-0.15, -0.1) is 0 Å². The minimum Gasteiger partial charge on any atom is -0.198 e. The van der Waals surface area contributed by atoms with Gasteiger partial charge in [0.2, 0.25) is 0 Å². The van der Waals surface area contributed by atoms with Crippen molar-refractivity contribution >= 4 is 0 Å². The highest BCUT2D eigenvalue weighted by molar-refractivity contribution is 4.96. The molecule has 0 aromatic rings. The third-order valence-corrected chi connectivity index (χ3v) is 3.65. The van der Waals surface area contributed by atoms with Crippen LogP contribution in [0.3, 0.4) is 0 Å². The lowest BCUT2D eigenvalue weighted by Crippen LogP contribution is -2.12. The van der Waals surface area contributed by atoms with E-state index in [4.69, 9.17) is 5.26 Å². The van der Waals surface area contributed by atoms with Crippen LogP contribution in [0.4, 0.5) is 0 Å². The molecule has 1 heteroatoms. The molecule has 2 saturated carbocycles. The molecular weight excluding hydrogens is 134 g/mol. The number of nitrogens with zero attached hydrogens (tertiary/aromatic N) is 1. The molecule has 0 unspecified atom stereocenters. The second-order valence-electron chi connectivity index (χ2n) is 4.31. The van der Waals surface area contributed by atoms with E-state index in [1.807, 2.05) is 0 Å². The normalized spacial score (nSPS) is 40.8. The van der Waals surface area contributed by atoms with E-state index in [1.54, 1.807) is 0 Å². The van der Waals surface area contributed by atoms with E-state index in [0.717, 1.165) is 12.3 Å². The summed E-state index contributed by atoms with van der Waals surface area (Å²) in [5.74, 6) is 1.04. The smallest absolute Gasteiger partial charge is 0.0621 e. The van der Waals surface area contributed by atoms with Crippen LogP contribution >= 0.6 is 0 Å². The van der Waals surface area contributed by atoms with Crippen molar-refractivity contribution in [2.24, 2.45) is 11.3 Å². The van der Waals surface area contributed by atoms with E-state index in [1.165, 1.54) is 38.5 Å². The molecule has 0 aromatic heterocycles. The molecule has 0 N–H and O–H groups in total. The minimum absolute atomic E-state index is 0.639. The summed E-state index contributed by atoms with van der Waals surface area (Å²) >= 11 is 0. The highest BCUT2D eigenvalue weighted by Gasteiger charge is 2.43. The maximum atomic E-state index is 8.50. The van der Waals surface area contributed by atoms with E-state index in [9.17, 15) is 0 Å². The van der Waals surface area contributed by atoms with Crippen LogP contribution in [0, 0.1) is 22.7 Å². The maximum Gasteiger partial charge on any atom is 0.0621 e. The first-order valence-electron chi connectivity index (χ1n) is 4.72. The zero-order chi connectivity index (χ0) is 7.73. The van der Waals surface area contributed by atoms with E-state index in [2.05, 4.69) is 6.07 Å².